The largest absolute Gasteiger partial charge is 0.423 e. The summed E-state index contributed by atoms with van der Waals surface area (Å²) in [6, 6.07) is 12.8. The Labute approximate surface area is 161 Å². The Morgan fingerprint density at radius 2 is 2.07 bits per heavy atom. The first-order valence-electron chi connectivity index (χ1n) is 9.36. The van der Waals surface area contributed by atoms with Crippen LogP contribution in [0, 0.1) is 5.92 Å². The van der Waals surface area contributed by atoms with E-state index in [1.165, 1.54) is 28.7 Å². The Morgan fingerprint density at radius 3 is 2.86 bits per heavy atom. The van der Waals surface area contributed by atoms with E-state index in [1.54, 1.807) is 24.3 Å². The zero-order valence-electron chi connectivity index (χ0n) is 15.4. The van der Waals surface area contributed by atoms with E-state index in [-0.39, 0.29) is 5.97 Å². The van der Waals surface area contributed by atoms with Gasteiger partial charge in [0.1, 0.15) is 12.1 Å². The minimum atomic E-state index is -0.365. The van der Waals surface area contributed by atoms with Gasteiger partial charge in [0.25, 0.3) is 0 Å². The fourth-order valence-electron chi connectivity index (χ4n) is 3.83. The van der Waals surface area contributed by atoms with Gasteiger partial charge in [-0.05, 0) is 83.6 Å². The number of aromatic amines is 1. The van der Waals surface area contributed by atoms with Crippen LogP contribution in [-0.2, 0) is 12.8 Å². The van der Waals surface area contributed by atoms with Crippen molar-refractivity contribution in [3.05, 3.63) is 65.6 Å². The summed E-state index contributed by atoms with van der Waals surface area (Å²) in [5.74, 6) is 0.781. The summed E-state index contributed by atoms with van der Waals surface area (Å²) in [5, 5.41) is 12.2. The van der Waals surface area contributed by atoms with Gasteiger partial charge in [0.2, 0.25) is 0 Å². The normalized spacial score (nSPS) is 16.1. The molecule has 0 saturated heterocycles. The first kappa shape index (κ1) is 16.7. The maximum absolute atomic E-state index is 12.7. The van der Waals surface area contributed by atoms with Crippen molar-refractivity contribution < 1.29 is 9.53 Å². The highest BCUT2D eigenvalue weighted by molar-refractivity contribution is 5.97. The summed E-state index contributed by atoms with van der Waals surface area (Å²) < 4.78 is 7.09. The molecular formula is C21H19N5O2. The minimum Gasteiger partial charge on any atom is -0.423 e. The van der Waals surface area contributed by atoms with Crippen molar-refractivity contribution in [2.45, 2.75) is 26.2 Å². The lowest BCUT2D eigenvalue weighted by molar-refractivity contribution is 0.0735. The topological polar surface area (TPSA) is 85.7 Å². The van der Waals surface area contributed by atoms with Gasteiger partial charge in [-0.2, -0.15) is 0 Å². The highest BCUT2D eigenvalue weighted by atomic mass is 16.5. The fourth-order valence-corrected chi connectivity index (χ4v) is 3.83. The van der Waals surface area contributed by atoms with Gasteiger partial charge in [-0.25, -0.2) is 9.48 Å². The number of esters is 1. The van der Waals surface area contributed by atoms with Crippen LogP contribution in [-0.4, -0.2) is 31.2 Å². The molecule has 1 N–H and O–H groups in total. The van der Waals surface area contributed by atoms with Crippen molar-refractivity contribution in [3.63, 3.8) is 0 Å². The average molecular weight is 373 g/mol. The molecule has 0 bridgehead atoms. The number of aryl methyl sites for hydroxylation is 1. The molecule has 2 aromatic heterocycles. The lowest BCUT2D eigenvalue weighted by atomic mass is 9.87. The van der Waals surface area contributed by atoms with E-state index in [0.717, 1.165) is 29.4 Å². The summed E-state index contributed by atoms with van der Waals surface area (Å²) >= 11 is 0. The first-order valence-corrected chi connectivity index (χ1v) is 9.36. The summed E-state index contributed by atoms with van der Waals surface area (Å²) in [4.78, 5) is 16.2. The molecule has 0 amide bonds. The molecule has 2 aromatic carbocycles. The van der Waals surface area contributed by atoms with Gasteiger partial charge in [0.15, 0.2) is 0 Å². The number of benzene rings is 2. The molecule has 0 spiro atoms. The number of carbonyl (C=O) groups is 1. The molecule has 1 aliphatic rings. The molecular weight excluding hydrogens is 354 g/mol. The predicted molar refractivity (Wildman–Crippen MR) is 104 cm³/mol. The Bertz CT molecular complexity index is 1150. The summed E-state index contributed by atoms with van der Waals surface area (Å²) in [5.41, 5.74) is 5.07. The Morgan fingerprint density at radius 1 is 1.21 bits per heavy atom. The lowest BCUT2D eigenvalue weighted by Gasteiger charge is -2.18. The van der Waals surface area contributed by atoms with E-state index in [4.69, 9.17) is 4.74 Å². The maximum atomic E-state index is 12.7. The van der Waals surface area contributed by atoms with Gasteiger partial charge in [0.05, 0.1) is 11.3 Å². The minimum absolute atomic E-state index is 0.365. The molecule has 0 radical (unpaired) electrons. The van der Waals surface area contributed by atoms with E-state index in [0.29, 0.717) is 17.2 Å². The van der Waals surface area contributed by atoms with E-state index in [9.17, 15) is 4.79 Å². The number of nitrogens with one attached hydrogen (secondary N) is 1. The highest BCUT2D eigenvalue weighted by Crippen LogP contribution is 2.32. The molecule has 1 atom stereocenters. The van der Waals surface area contributed by atoms with E-state index in [2.05, 4.69) is 27.4 Å². The predicted octanol–water partition coefficient (Wildman–Crippen LogP) is 3.49. The van der Waals surface area contributed by atoms with Gasteiger partial charge in [-0.3, -0.25) is 0 Å². The standard InChI is InChI=1S/C21H19N5O2/c1-13-2-8-19-17(10-13)18-11-14(3-9-20(18)23-19)21(27)28-16-6-4-15(5-7-16)26-12-22-24-25-26/h3-7,9,11-13,23H,2,8,10H2,1H3/t13-/m1/s1. The summed E-state index contributed by atoms with van der Waals surface area (Å²) in [6.45, 7) is 2.28. The molecule has 4 aromatic rings. The molecule has 7 heteroatoms. The zero-order chi connectivity index (χ0) is 19.1. The summed E-state index contributed by atoms with van der Waals surface area (Å²) in [7, 11) is 0. The van der Waals surface area contributed by atoms with Crippen LogP contribution in [0.3, 0.4) is 0 Å². The molecule has 0 aliphatic heterocycles. The maximum Gasteiger partial charge on any atom is 0.343 e. The van der Waals surface area contributed by atoms with Gasteiger partial charge in [-0.1, -0.05) is 6.92 Å². The Hall–Kier alpha value is -3.48. The third-order valence-electron chi connectivity index (χ3n) is 5.33. The quantitative estimate of drug-likeness (QED) is 0.439. The second-order valence-electron chi connectivity index (χ2n) is 7.33. The molecule has 0 unspecified atom stereocenters. The number of hydrogen-bond acceptors (Lipinski definition) is 5. The van der Waals surface area contributed by atoms with Crippen molar-refractivity contribution in [1.29, 1.82) is 0 Å². The molecule has 0 fully saturated rings. The van der Waals surface area contributed by atoms with Crippen LogP contribution in [0.25, 0.3) is 16.6 Å². The van der Waals surface area contributed by atoms with Crippen LogP contribution < -0.4 is 4.74 Å². The van der Waals surface area contributed by atoms with Gasteiger partial charge < -0.3 is 9.72 Å². The number of aromatic nitrogens is 5. The van der Waals surface area contributed by atoms with Gasteiger partial charge >= 0.3 is 5.97 Å². The van der Waals surface area contributed by atoms with E-state index >= 15 is 0 Å². The zero-order valence-corrected chi connectivity index (χ0v) is 15.4. The fraction of sp³-hybridized carbons (Fsp3) is 0.238. The van der Waals surface area contributed by atoms with Crippen LogP contribution in [0.5, 0.6) is 5.75 Å². The molecule has 5 rings (SSSR count). The van der Waals surface area contributed by atoms with Gasteiger partial charge in [0, 0.05) is 16.6 Å². The average Bonchev–Trinajstić information content (AvgIpc) is 3.36. The van der Waals surface area contributed by atoms with Crippen LogP contribution in [0.15, 0.2) is 48.8 Å². The SMILES string of the molecule is C[C@@H]1CCc2[nH]c3ccc(C(=O)Oc4ccc(-n5cnnn5)cc4)cc3c2C1. The second kappa shape index (κ2) is 6.60. The number of nitrogens with zero attached hydrogens (tertiary/aromatic N) is 4. The number of carbonyl (C=O) groups excluding carboxylic acids is 1. The number of H-pyrrole nitrogens is 1. The number of ether oxygens (including phenoxy) is 1. The van der Waals surface area contributed by atoms with Crippen molar-refractivity contribution in [1.82, 2.24) is 25.2 Å². The van der Waals surface area contributed by atoms with E-state index < -0.39 is 0 Å². The summed E-state index contributed by atoms with van der Waals surface area (Å²) in [6.07, 6.45) is 4.83. The molecule has 140 valence electrons. The van der Waals surface area contributed by atoms with Crippen LogP contribution >= 0.6 is 0 Å². The van der Waals surface area contributed by atoms with Gasteiger partial charge in [-0.15, -0.1) is 5.10 Å². The van der Waals surface area contributed by atoms with Crippen LogP contribution in [0.4, 0.5) is 0 Å². The Kier molecular flexibility index (Phi) is 3.93. The van der Waals surface area contributed by atoms with Crippen molar-refractivity contribution in [2.24, 2.45) is 5.92 Å². The molecule has 7 nitrogen and oxygen atoms in total. The number of tetrazole rings is 1. The number of hydrogen-bond donors (Lipinski definition) is 1. The van der Waals surface area contributed by atoms with Crippen molar-refractivity contribution in [3.8, 4) is 11.4 Å². The van der Waals surface area contributed by atoms with Crippen LogP contribution in [0.1, 0.15) is 35.0 Å². The Balaban J connectivity index is 1.39. The van der Waals surface area contributed by atoms with Crippen molar-refractivity contribution >= 4 is 16.9 Å². The third kappa shape index (κ3) is 2.94. The third-order valence-corrected chi connectivity index (χ3v) is 5.33. The lowest BCUT2D eigenvalue weighted by Crippen LogP contribution is -2.10. The smallest absolute Gasteiger partial charge is 0.343 e. The highest BCUT2D eigenvalue weighted by Gasteiger charge is 2.21. The molecule has 1 aliphatic carbocycles. The monoisotopic (exact) mass is 373 g/mol. The molecule has 2 heterocycles. The molecule has 28 heavy (non-hydrogen) atoms. The second-order valence-corrected chi connectivity index (χ2v) is 7.33. The van der Waals surface area contributed by atoms with E-state index in [1.807, 2.05) is 18.2 Å². The molecule has 0 saturated carbocycles. The number of fused-ring (bicyclic) bond motifs is 3. The first-order chi connectivity index (χ1) is 13.7. The van der Waals surface area contributed by atoms with Crippen molar-refractivity contribution in [2.75, 3.05) is 0 Å². The number of rotatable bonds is 3. The van der Waals surface area contributed by atoms with Crippen LogP contribution in [0.2, 0.25) is 0 Å².